The molecular formula is C13H28. The Morgan fingerprint density at radius 1 is 0.923 bits per heavy atom. The normalized spacial score (nSPS) is 13.8. The van der Waals surface area contributed by atoms with Crippen LogP contribution in [0.15, 0.2) is 0 Å². The van der Waals surface area contributed by atoms with Crippen molar-refractivity contribution in [2.24, 2.45) is 16.7 Å². The summed E-state index contributed by atoms with van der Waals surface area (Å²) in [5.74, 6) is 0.782. The Balaban J connectivity index is 4.39. The Morgan fingerprint density at radius 3 is 1.54 bits per heavy atom. The molecule has 0 aromatic rings. The van der Waals surface area contributed by atoms with Crippen molar-refractivity contribution in [2.75, 3.05) is 0 Å². The topological polar surface area (TPSA) is 0 Å². The lowest BCUT2D eigenvalue weighted by Gasteiger charge is -2.39. The summed E-state index contributed by atoms with van der Waals surface area (Å²) in [5.41, 5.74) is 1.04. The first-order valence-electron chi connectivity index (χ1n) is 5.77. The second-order valence-electron chi connectivity index (χ2n) is 5.84. The number of hydrogen-bond donors (Lipinski definition) is 0. The molecule has 0 saturated carbocycles. The molecule has 0 aliphatic heterocycles. The van der Waals surface area contributed by atoms with E-state index in [-0.39, 0.29) is 0 Å². The summed E-state index contributed by atoms with van der Waals surface area (Å²) >= 11 is 0. The van der Waals surface area contributed by atoms with Crippen molar-refractivity contribution in [3.63, 3.8) is 0 Å². The molecule has 0 bridgehead atoms. The maximum atomic E-state index is 2.43. The van der Waals surface area contributed by atoms with E-state index < -0.39 is 0 Å². The van der Waals surface area contributed by atoms with Gasteiger partial charge in [-0.1, -0.05) is 61.3 Å². The van der Waals surface area contributed by atoms with Crippen molar-refractivity contribution < 1.29 is 0 Å². The van der Waals surface area contributed by atoms with Crippen LogP contribution < -0.4 is 0 Å². The van der Waals surface area contributed by atoms with Crippen LogP contribution >= 0.6 is 0 Å². The predicted octanol–water partition coefficient (Wildman–Crippen LogP) is 4.89. The van der Waals surface area contributed by atoms with Gasteiger partial charge < -0.3 is 0 Å². The van der Waals surface area contributed by atoms with Crippen molar-refractivity contribution in [1.82, 2.24) is 0 Å². The monoisotopic (exact) mass is 184 g/mol. The van der Waals surface area contributed by atoms with Crippen LogP contribution in [0, 0.1) is 16.7 Å². The van der Waals surface area contributed by atoms with E-state index in [1.807, 2.05) is 0 Å². The molecule has 0 heterocycles. The zero-order valence-corrected chi connectivity index (χ0v) is 10.7. The molecule has 13 heavy (non-hydrogen) atoms. The van der Waals surface area contributed by atoms with Gasteiger partial charge in [0.05, 0.1) is 0 Å². The van der Waals surface area contributed by atoms with Crippen molar-refractivity contribution in [2.45, 2.75) is 67.7 Å². The molecule has 0 amide bonds. The highest BCUT2D eigenvalue weighted by atomic mass is 14.4. The van der Waals surface area contributed by atoms with Gasteiger partial charge in [0.25, 0.3) is 0 Å². The summed E-state index contributed by atoms with van der Waals surface area (Å²) in [5, 5.41) is 0. The van der Waals surface area contributed by atoms with Gasteiger partial charge in [-0.15, -0.1) is 0 Å². The highest BCUT2D eigenvalue weighted by Crippen LogP contribution is 2.42. The molecule has 0 fully saturated rings. The molecule has 0 aliphatic carbocycles. The van der Waals surface area contributed by atoms with Crippen LogP contribution in [-0.2, 0) is 0 Å². The molecule has 0 aromatic carbocycles. The van der Waals surface area contributed by atoms with E-state index in [2.05, 4.69) is 48.5 Å². The van der Waals surface area contributed by atoms with Gasteiger partial charge in [-0.2, -0.15) is 0 Å². The van der Waals surface area contributed by atoms with Crippen LogP contribution in [-0.4, -0.2) is 0 Å². The molecule has 0 nitrogen and oxygen atoms in total. The number of hydrogen-bond acceptors (Lipinski definition) is 0. The third-order valence-electron chi connectivity index (χ3n) is 4.15. The lowest BCUT2D eigenvalue weighted by atomic mass is 9.67. The average Bonchev–Trinajstić information content (AvgIpc) is 2.03. The Bertz CT molecular complexity index is 135. The van der Waals surface area contributed by atoms with Gasteiger partial charge in [0.1, 0.15) is 0 Å². The largest absolute Gasteiger partial charge is 0.0649 e. The molecule has 0 heteroatoms. The van der Waals surface area contributed by atoms with Crippen LogP contribution in [0.1, 0.15) is 67.7 Å². The smallest absolute Gasteiger partial charge is 0.0326 e. The highest BCUT2D eigenvalue weighted by molar-refractivity contribution is 4.82. The summed E-state index contributed by atoms with van der Waals surface area (Å²) in [7, 11) is 0. The predicted molar refractivity (Wildman–Crippen MR) is 61.9 cm³/mol. The first-order valence-corrected chi connectivity index (χ1v) is 5.77. The van der Waals surface area contributed by atoms with Gasteiger partial charge in [-0.05, 0) is 23.2 Å². The Kier molecular flexibility index (Phi) is 4.48. The van der Waals surface area contributed by atoms with Crippen LogP contribution in [0.25, 0.3) is 0 Å². The third kappa shape index (κ3) is 3.70. The van der Waals surface area contributed by atoms with E-state index in [0.717, 1.165) is 5.92 Å². The minimum atomic E-state index is 0.487. The first-order chi connectivity index (χ1) is 5.77. The molecule has 0 N–H and O–H groups in total. The van der Waals surface area contributed by atoms with Crippen LogP contribution in [0.3, 0.4) is 0 Å². The second kappa shape index (κ2) is 4.48. The molecule has 0 atom stereocenters. The van der Waals surface area contributed by atoms with Crippen molar-refractivity contribution >= 4 is 0 Å². The summed E-state index contributed by atoms with van der Waals surface area (Å²) in [4.78, 5) is 0. The second-order valence-corrected chi connectivity index (χ2v) is 5.84. The van der Waals surface area contributed by atoms with Gasteiger partial charge in [0.15, 0.2) is 0 Å². The average molecular weight is 184 g/mol. The Morgan fingerprint density at radius 2 is 1.31 bits per heavy atom. The highest BCUT2D eigenvalue weighted by Gasteiger charge is 2.31. The summed E-state index contributed by atoms with van der Waals surface area (Å²) < 4.78 is 0. The molecule has 0 aromatic heterocycles. The van der Waals surface area contributed by atoms with Crippen LogP contribution in [0.2, 0.25) is 0 Å². The molecule has 0 aliphatic rings. The van der Waals surface area contributed by atoms with Gasteiger partial charge in [-0.3, -0.25) is 0 Å². The zero-order valence-electron chi connectivity index (χ0n) is 10.7. The van der Waals surface area contributed by atoms with Crippen LogP contribution in [0.4, 0.5) is 0 Å². The van der Waals surface area contributed by atoms with Crippen molar-refractivity contribution in [3.8, 4) is 0 Å². The fraction of sp³-hybridized carbons (Fsp3) is 1.00. The molecule has 0 saturated heterocycles. The molecule has 0 spiro atoms. The van der Waals surface area contributed by atoms with E-state index in [4.69, 9.17) is 0 Å². The van der Waals surface area contributed by atoms with E-state index >= 15 is 0 Å². The maximum absolute atomic E-state index is 2.43. The van der Waals surface area contributed by atoms with Crippen molar-refractivity contribution in [1.29, 1.82) is 0 Å². The van der Waals surface area contributed by atoms with Gasteiger partial charge >= 0.3 is 0 Å². The van der Waals surface area contributed by atoms with Gasteiger partial charge in [0.2, 0.25) is 0 Å². The Labute approximate surface area is 85.1 Å². The molecule has 0 rings (SSSR count). The van der Waals surface area contributed by atoms with Crippen LogP contribution in [0.5, 0.6) is 0 Å². The fourth-order valence-corrected chi connectivity index (χ4v) is 1.80. The minimum Gasteiger partial charge on any atom is -0.0649 e. The lowest BCUT2D eigenvalue weighted by Crippen LogP contribution is -2.28. The SMILES string of the molecule is CCC(C)(CC)CC(C)(C)C(C)C. The standard InChI is InChI=1S/C13H28/c1-8-13(7,9-2)10-12(5,6)11(3)4/h11H,8-10H2,1-7H3. The lowest BCUT2D eigenvalue weighted by molar-refractivity contribution is 0.119. The zero-order chi connectivity index (χ0) is 10.7. The molecule has 0 radical (unpaired) electrons. The van der Waals surface area contributed by atoms with E-state index in [0.29, 0.717) is 10.8 Å². The Hall–Kier alpha value is 0. The minimum absolute atomic E-state index is 0.487. The molecular weight excluding hydrogens is 156 g/mol. The van der Waals surface area contributed by atoms with Crippen molar-refractivity contribution in [3.05, 3.63) is 0 Å². The van der Waals surface area contributed by atoms with E-state index in [1.54, 1.807) is 0 Å². The molecule has 0 unspecified atom stereocenters. The van der Waals surface area contributed by atoms with E-state index in [1.165, 1.54) is 19.3 Å². The van der Waals surface area contributed by atoms with Gasteiger partial charge in [-0.25, -0.2) is 0 Å². The summed E-state index contributed by atoms with van der Waals surface area (Å²) in [6.45, 7) is 16.6. The third-order valence-corrected chi connectivity index (χ3v) is 4.15. The number of rotatable bonds is 5. The first kappa shape index (κ1) is 13.0. The fourth-order valence-electron chi connectivity index (χ4n) is 1.80. The molecule has 80 valence electrons. The maximum Gasteiger partial charge on any atom is -0.0326 e. The van der Waals surface area contributed by atoms with Gasteiger partial charge in [0, 0.05) is 0 Å². The quantitative estimate of drug-likeness (QED) is 0.571. The summed E-state index contributed by atoms with van der Waals surface area (Å²) in [6, 6.07) is 0. The van der Waals surface area contributed by atoms with E-state index in [9.17, 15) is 0 Å². The summed E-state index contributed by atoms with van der Waals surface area (Å²) in [6.07, 6.45) is 3.96.